The zero-order chi connectivity index (χ0) is 10.2. The van der Waals surface area contributed by atoms with Gasteiger partial charge in [0, 0.05) is 13.1 Å². The van der Waals surface area contributed by atoms with Crippen LogP contribution in [0, 0.1) is 0 Å². The third-order valence-electron chi connectivity index (χ3n) is 2.27. The summed E-state index contributed by atoms with van der Waals surface area (Å²) in [5.74, 6) is 0.734. The first-order valence-corrected chi connectivity index (χ1v) is 5.62. The molecule has 0 aromatic heterocycles. The Kier molecular flexibility index (Phi) is 2.73. The van der Waals surface area contributed by atoms with E-state index in [1.165, 1.54) is 0 Å². The lowest BCUT2D eigenvalue weighted by Crippen LogP contribution is -2.61. The van der Waals surface area contributed by atoms with Crippen molar-refractivity contribution < 1.29 is 4.74 Å². The first-order chi connectivity index (χ1) is 6.61. The van der Waals surface area contributed by atoms with Gasteiger partial charge < -0.3 is 10.1 Å². The van der Waals surface area contributed by atoms with E-state index in [-0.39, 0.29) is 5.60 Å². The van der Waals surface area contributed by atoms with Gasteiger partial charge in [0.05, 0.1) is 9.50 Å². The normalized spacial score (nSPS) is 18.8. The smallest absolute Gasteiger partial charge is 0.153 e. The van der Waals surface area contributed by atoms with Gasteiger partial charge >= 0.3 is 0 Å². The van der Waals surface area contributed by atoms with Crippen molar-refractivity contribution in [3.8, 4) is 5.75 Å². The number of hydrogen-bond donors (Lipinski definition) is 1. The van der Waals surface area contributed by atoms with E-state index < -0.39 is 0 Å². The molecule has 1 aliphatic heterocycles. The molecule has 1 N–H and O–H groups in total. The molecular formula is C10H11BrClNO. The number of halogens is 2. The van der Waals surface area contributed by atoms with Gasteiger partial charge in [0.1, 0.15) is 5.60 Å². The van der Waals surface area contributed by atoms with Crippen LogP contribution in [0.15, 0.2) is 22.7 Å². The molecule has 1 fully saturated rings. The first-order valence-electron chi connectivity index (χ1n) is 4.44. The quantitative estimate of drug-likeness (QED) is 0.897. The molecule has 0 spiro atoms. The van der Waals surface area contributed by atoms with E-state index in [1.54, 1.807) is 0 Å². The molecule has 0 amide bonds. The van der Waals surface area contributed by atoms with Gasteiger partial charge in [-0.1, -0.05) is 17.7 Å². The molecule has 1 aromatic carbocycles. The van der Waals surface area contributed by atoms with E-state index in [1.807, 2.05) is 18.2 Å². The Morgan fingerprint density at radius 1 is 1.50 bits per heavy atom. The molecule has 2 rings (SSSR count). The summed E-state index contributed by atoms with van der Waals surface area (Å²) >= 11 is 9.46. The van der Waals surface area contributed by atoms with Gasteiger partial charge in [-0.3, -0.25) is 0 Å². The highest BCUT2D eigenvalue weighted by atomic mass is 79.9. The largest absolute Gasteiger partial charge is 0.482 e. The predicted octanol–water partition coefficient (Wildman–Crippen LogP) is 2.84. The van der Waals surface area contributed by atoms with Crippen LogP contribution in [0.4, 0.5) is 0 Å². The topological polar surface area (TPSA) is 21.3 Å². The number of rotatable bonds is 2. The van der Waals surface area contributed by atoms with Gasteiger partial charge in [0.15, 0.2) is 5.75 Å². The highest BCUT2D eigenvalue weighted by Crippen LogP contribution is 2.35. The first kappa shape index (κ1) is 10.3. The predicted molar refractivity (Wildman–Crippen MR) is 61.1 cm³/mol. The fourth-order valence-electron chi connectivity index (χ4n) is 1.38. The molecule has 2 nitrogen and oxygen atoms in total. The van der Waals surface area contributed by atoms with Gasteiger partial charge in [-0.2, -0.15) is 0 Å². The lowest BCUT2D eigenvalue weighted by Gasteiger charge is -2.39. The fourth-order valence-corrected chi connectivity index (χ4v) is 2.15. The summed E-state index contributed by atoms with van der Waals surface area (Å²) in [6.07, 6.45) is 0. The Labute approximate surface area is 96.7 Å². The lowest BCUT2D eigenvalue weighted by molar-refractivity contribution is 0.0342. The molecule has 14 heavy (non-hydrogen) atoms. The van der Waals surface area contributed by atoms with Crippen LogP contribution in [0.1, 0.15) is 6.92 Å². The van der Waals surface area contributed by atoms with E-state index in [9.17, 15) is 0 Å². The van der Waals surface area contributed by atoms with Crippen LogP contribution in [0.5, 0.6) is 5.75 Å². The molecule has 4 heteroatoms. The van der Waals surface area contributed by atoms with Crippen LogP contribution < -0.4 is 10.1 Å². The number of hydrogen-bond acceptors (Lipinski definition) is 2. The minimum absolute atomic E-state index is 0.118. The molecule has 1 saturated heterocycles. The van der Waals surface area contributed by atoms with Gasteiger partial charge in [-0.25, -0.2) is 0 Å². The van der Waals surface area contributed by atoms with Crippen LogP contribution in [-0.2, 0) is 0 Å². The maximum absolute atomic E-state index is 6.04. The average Bonchev–Trinajstić information content (AvgIpc) is 2.09. The van der Waals surface area contributed by atoms with Crippen molar-refractivity contribution in [3.05, 3.63) is 27.7 Å². The minimum Gasteiger partial charge on any atom is -0.482 e. The maximum atomic E-state index is 6.04. The molecule has 0 aliphatic carbocycles. The van der Waals surface area contributed by atoms with E-state index in [4.69, 9.17) is 16.3 Å². The van der Waals surface area contributed by atoms with Crippen molar-refractivity contribution in [3.63, 3.8) is 0 Å². The summed E-state index contributed by atoms with van der Waals surface area (Å²) in [6.45, 7) is 3.80. The fraction of sp³-hybridized carbons (Fsp3) is 0.400. The minimum atomic E-state index is -0.118. The van der Waals surface area contributed by atoms with Crippen molar-refractivity contribution in [2.75, 3.05) is 13.1 Å². The lowest BCUT2D eigenvalue weighted by atomic mass is 10.00. The van der Waals surface area contributed by atoms with Crippen molar-refractivity contribution in [2.45, 2.75) is 12.5 Å². The zero-order valence-electron chi connectivity index (χ0n) is 7.81. The summed E-state index contributed by atoms with van der Waals surface area (Å²) in [5.41, 5.74) is -0.118. The van der Waals surface area contributed by atoms with E-state index in [0.717, 1.165) is 23.3 Å². The highest BCUT2D eigenvalue weighted by Gasteiger charge is 2.34. The number of para-hydroxylation sites is 1. The van der Waals surface area contributed by atoms with E-state index >= 15 is 0 Å². The summed E-state index contributed by atoms with van der Waals surface area (Å²) in [5, 5.41) is 3.82. The van der Waals surface area contributed by atoms with Crippen LogP contribution in [0.2, 0.25) is 5.02 Å². The van der Waals surface area contributed by atoms with Crippen molar-refractivity contribution in [1.29, 1.82) is 0 Å². The number of nitrogens with one attached hydrogen (secondary N) is 1. The monoisotopic (exact) mass is 275 g/mol. The van der Waals surface area contributed by atoms with Gasteiger partial charge in [-0.15, -0.1) is 0 Å². The number of ether oxygens (including phenoxy) is 1. The molecule has 1 heterocycles. The Hall–Kier alpha value is -0.250. The Bertz CT molecular complexity index is 332. The second-order valence-electron chi connectivity index (χ2n) is 3.71. The summed E-state index contributed by atoms with van der Waals surface area (Å²) in [4.78, 5) is 0. The van der Waals surface area contributed by atoms with Crippen LogP contribution >= 0.6 is 27.5 Å². The summed E-state index contributed by atoms with van der Waals surface area (Å²) in [6, 6.07) is 5.65. The molecule has 0 unspecified atom stereocenters. The second kappa shape index (κ2) is 3.72. The molecule has 76 valence electrons. The molecule has 0 atom stereocenters. The SMILES string of the molecule is CC1(Oc2c(Cl)cccc2Br)CNC1. The highest BCUT2D eigenvalue weighted by molar-refractivity contribution is 9.10. The molecule has 0 bridgehead atoms. The third kappa shape index (κ3) is 1.90. The van der Waals surface area contributed by atoms with Gasteiger partial charge in [0.2, 0.25) is 0 Å². The summed E-state index contributed by atoms with van der Waals surface area (Å²) in [7, 11) is 0. The molecule has 0 radical (unpaired) electrons. The third-order valence-corrected chi connectivity index (χ3v) is 3.19. The van der Waals surface area contributed by atoms with Crippen LogP contribution in [0.3, 0.4) is 0 Å². The number of benzene rings is 1. The molecule has 0 saturated carbocycles. The maximum Gasteiger partial charge on any atom is 0.153 e. The average molecular weight is 277 g/mol. The molecular weight excluding hydrogens is 265 g/mol. The van der Waals surface area contributed by atoms with Crippen LogP contribution in [-0.4, -0.2) is 18.7 Å². The van der Waals surface area contributed by atoms with Gasteiger partial charge in [-0.05, 0) is 35.0 Å². The standard InChI is InChI=1S/C10H11BrClNO/c1-10(5-13-6-10)14-9-7(11)3-2-4-8(9)12/h2-4,13H,5-6H2,1H3. The van der Waals surface area contributed by atoms with Crippen LogP contribution in [0.25, 0.3) is 0 Å². The van der Waals surface area contributed by atoms with Gasteiger partial charge in [0.25, 0.3) is 0 Å². The van der Waals surface area contributed by atoms with Crippen molar-refractivity contribution >= 4 is 27.5 Å². The van der Waals surface area contributed by atoms with Crippen molar-refractivity contribution in [2.24, 2.45) is 0 Å². The Balaban J connectivity index is 2.23. The second-order valence-corrected chi connectivity index (χ2v) is 4.97. The molecule has 1 aromatic rings. The zero-order valence-corrected chi connectivity index (χ0v) is 10.2. The molecule has 1 aliphatic rings. The Morgan fingerprint density at radius 3 is 2.71 bits per heavy atom. The van der Waals surface area contributed by atoms with E-state index in [0.29, 0.717) is 5.02 Å². The Morgan fingerprint density at radius 2 is 2.21 bits per heavy atom. The summed E-state index contributed by atoms with van der Waals surface area (Å²) < 4.78 is 6.76. The van der Waals surface area contributed by atoms with Crippen molar-refractivity contribution in [1.82, 2.24) is 5.32 Å². The van der Waals surface area contributed by atoms with E-state index in [2.05, 4.69) is 28.2 Å².